The molecule has 0 saturated heterocycles. The van der Waals surface area contributed by atoms with Gasteiger partial charge in [0, 0.05) is 17.2 Å². The van der Waals surface area contributed by atoms with E-state index in [0.717, 1.165) is 5.56 Å². The highest BCUT2D eigenvalue weighted by Gasteiger charge is 2.26. The van der Waals surface area contributed by atoms with Crippen LogP contribution in [0.25, 0.3) is 6.08 Å². The third-order valence-corrected chi connectivity index (χ3v) is 5.38. The minimum Gasteiger partial charge on any atom is -0.493 e. The number of hydrogen-bond acceptors (Lipinski definition) is 7. The molecular weight excluding hydrogens is 483 g/mol. The van der Waals surface area contributed by atoms with Crippen molar-refractivity contribution >= 4 is 46.8 Å². The Bertz CT molecular complexity index is 1340. The number of rotatable bonds is 7. The zero-order chi connectivity index (χ0) is 24.2. The molecule has 10 heteroatoms. The second-order valence-corrected chi connectivity index (χ2v) is 7.93. The van der Waals surface area contributed by atoms with Crippen LogP contribution in [0, 0.1) is 10.1 Å². The van der Waals surface area contributed by atoms with E-state index in [0.29, 0.717) is 28.7 Å². The number of nitro benzene ring substituents is 1. The SMILES string of the molecule is COc1cc(/C=C2\N=C(c3ccc([N+](=O)[O-])cc3Cl)OC2=O)ccc1OCc1ccc(Cl)cc1. The van der Waals surface area contributed by atoms with Crippen molar-refractivity contribution in [2.75, 3.05) is 7.11 Å². The number of nitrogens with zero attached hydrogens (tertiary/aromatic N) is 2. The third kappa shape index (κ3) is 5.19. The molecular formula is C24H16Cl2N2O6. The Kier molecular flexibility index (Phi) is 6.81. The summed E-state index contributed by atoms with van der Waals surface area (Å²) < 4.78 is 16.5. The van der Waals surface area contributed by atoms with Crippen LogP contribution >= 0.6 is 23.2 Å². The molecule has 0 atom stereocenters. The Labute approximate surface area is 204 Å². The first-order valence-corrected chi connectivity index (χ1v) is 10.6. The van der Waals surface area contributed by atoms with Crippen LogP contribution in [0.5, 0.6) is 11.5 Å². The Morgan fingerprint density at radius 1 is 1.06 bits per heavy atom. The average Bonchev–Trinajstić information content (AvgIpc) is 3.18. The first kappa shape index (κ1) is 23.3. The molecule has 0 saturated carbocycles. The maximum absolute atomic E-state index is 12.3. The Hall–Kier alpha value is -3.88. The Morgan fingerprint density at radius 3 is 2.50 bits per heavy atom. The van der Waals surface area contributed by atoms with Crippen LogP contribution < -0.4 is 9.47 Å². The molecule has 0 amide bonds. The summed E-state index contributed by atoms with van der Waals surface area (Å²) in [6.07, 6.45) is 1.53. The highest BCUT2D eigenvalue weighted by atomic mass is 35.5. The van der Waals surface area contributed by atoms with Crippen molar-refractivity contribution in [1.82, 2.24) is 0 Å². The van der Waals surface area contributed by atoms with Crippen molar-refractivity contribution in [2.45, 2.75) is 6.61 Å². The lowest BCUT2D eigenvalue weighted by atomic mass is 10.1. The molecule has 3 aromatic carbocycles. The number of benzene rings is 3. The maximum atomic E-state index is 12.3. The summed E-state index contributed by atoms with van der Waals surface area (Å²) in [5, 5.41) is 11.6. The molecule has 0 aliphatic carbocycles. The molecule has 34 heavy (non-hydrogen) atoms. The Morgan fingerprint density at radius 2 is 1.82 bits per heavy atom. The first-order chi connectivity index (χ1) is 16.3. The normalized spacial score (nSPS) is 14.0. The van der Waals surface area contributed by atoms with Gasteiger partial charge in [0.15, 0.2) is 17.2 Å². The number of aliphatic imine (C=N–C) groups is 1. The summed E-state index contributed by atoms with van der Waals surface area (Å²) in [5.41, 5.74) is 1.70. The van der Waals surface area contributed by atoms with Gasteiger partial charge in [0.05, 0.1) is 22.6 Å². The molecule has 1 aliphatic heterocycles. The van der Waals surface area contributed by atoms with Crippen LogP contribution in [0.1, 0.15) is 16.7 Å². The standard InChI is InChI=1S/C24H16Cl2N2O6/c1-32-22-11-15(4-9-21(22)33-13-14-2-5-16(25)6-3-14)10-20-24(29)34-23(27-20)18-8-7-17(28(30)31)12-19(18)26/h2-12H,13H2,1H3/b20-10-. The second kappa shape index (κ2) is 9.94. The Balaban J connectivity index is 1.55. The van der Waals surface area contributed by atoms with E-state index in [1.54, 1.807) is 30.3 Å². The van der Waals surface area contributed by atoms with Crippen molar-refractivity contribution < 1.29 is 23.9 Å². The smallest absolute Gasteiger partial charge is 0.363 e. The van der Waals surface area contributed by atoms with E-state index in [-0.39, 0.29) is 27.9 Å². The number of halogens is 2. The molecule has 0 spiro atoms. The number of nitro groups is 1. The van der Waals surface area contributed by atoms with E-state index in [1.165, 1.54) is 31.4 Å². The molecule has 0 radical (unpaired) electrons. The summed E-state index contributed by atoms with van der Waals surface area (Å²) in [6.45, 7) is 0.323. The summed E-state index contributed by atoms with van der Waals surface area (Å²) in [5.74, 6) is 0.283. The number of non-ortho nitro benzene ring substituents is 1. The van der Waals surface area contributed by atoms with Gasteiger partial charge in [-0.05, 0) is 47.5 Å². The van der Waals surface area contributed by atoms with Crippen molar-refractivity contribution in [3.63, 3.8) is 0 Å². The van der Waals surface area contributed by atoms with Crippen LogP contribution in [-0.4, -0.2) is 23.9 Å². The van der Waals surface area contributed by atoms with Crippen molar-refractivity contribution in [2.24, 2.45) is 4.99 Å². The van der Waals surface area contributed by atoms with Gasteiger partial charge in [0.1, 0.15) is 6.61 Å². The van der Waals surface area contributed by atoms with Crippen LogP contribution in [0.15, 0.2) is 71.4 Å². The summed E-state index contributed by atoms with van der Waals surface area (Å²) in [4.78, 5) is 26.9. The number of carbonyl (C=O) groups excluding carboxylic acids is 1. The van der Waals surface area contributed by atoms with Gasteiger partial charge in [-0.1, -0.05) is 41.4 Å². The van der Waals surface area contributed by atoms with Crippen molar-refractivity contribution in [1.29, 1.82) is 0 Å². The predicted octanol–water partition coefficient (Wildman–Crippen LogP) is 5.83. The molecule has 1 aliphatic rings. The molecule has 172 valence electrons. The van der Waals surface area contributed by atoms with Crippen molar-refractivity contribution in [3.8, 4) is 11.5 Å². The molecule has 0 aromatic heterocycles. The summed E-state index contributed by atoms with van der Waals surface area (Å²) in [7, 11) is 1.51. The van der Waals surface area contributed by atoms with E-state index in [2.05, 4.69) is 4.99 Å². The van der Waals surface area contributed by atoms with E-state index < -0.39 is 10.9 Å². The second-order valence-electron chi connectivity index (χ2n) is 7.08. The molecule has 0 N–H and O–H groups in total. The fourth-order valence-corrected chi connectivity index (χ4v) is 3.49. The molecule has 0 unspecified atom stereocenters. The number of carbonyl (C=O) groups is 1. The summed E-state index contributed by atoms with van der Waals surface area (Å²) >= 11 is 12.0. The lowest BCUT2D eigenvalue weighted by Crippen LogP contribution is -2.06. The topological polar surface area (TPSA) is 100 Å². The highest BCUT2D eigenvalue weighted by molar-refractivity contribution is 6.34. The number of methoxy groups -OCH3 is 1. The molecule has 0 fully saturated rings. The zero-order valence-corrected chi connectivity index (χ0v) is 19.2. The van der Waals surface area contributed by atoms with E-state index in [9.17, 15) is 14.9 Å². The van der Waals surface area contributed by atoms with Gasteiger partial charge in [-0.25, -0.2) is 9.79 Å². The number of ether oxygens (including phenoxy) is 3. The monoisotopic (exact) mass is 498 g/mol. The largest absolute Gasteiger partial charge is 0.493 e. The lowest BCUT2D eigenvalue weighted by Gasteiger charge is -2.11. The zero-order valence-electron chi connectivity index (χ0n) is 17.7. The average molecular weight is 499 g/mol. The number of esters is 1. The summed E-state index contributed by atoms with van der Waals surface area (Å²) in [6, 6.07) is 16.3. The van der Waals surface area contributed by atoms with Crippen LogP contribution in [-0.2, 0) is 16.1 Å². The molecule has 0 bridgehead atoms. The predicted molar refractivity (Wildman–Crippen MR) is 127 cm³/mol. The van der Waals surface area contributed by atoms with Crippen LogP contribution in [0.4, 0.5) is 5.69 Å². The molecule has 8 nitrogen and oxygen atoms in total. The van der Waals surface area contributed by atoms with Gasteiger partial charge in [-0.15, -0.1) is 0 Å². The van der Waals surface area contributed by atoms with Crippen LogP contribution in [0.3, 0.4) is 0 Å². The van der Waals surface area contributed by atoms with Crippen LogP contribution in [0.2, 0.25) is 10.0 Å². The third-order valence-electron chi connectivity index (χ3n) is 4.81. The van der Waals surface area contributed by atoms with Gasteiger partial charge >= 0.3 is 5.97 Å². The van der Waals surface area contributed by atoms with E-state index in [1.807, 2.05) is 12.1 Å². The molecule has 3 aromatic rings. The first-order valence-electron chi connectivity index (χ1n) is 9.86. The minimum absolute atomic E-state index is 0.0361. The van der Waals surface area contributed by atoms with Gasteiger partial charge in [-0.2, -0.15) is 0 Å². The van der Waals surface area contributed by atoms with Gasteiger partial charge in [0.25, 0.3) is 5.69 Å². The van der Waals surface area contributed by atoms with Gasteiger partial charge in [0.2, 0.25) is 5.90 Å². The molecule has 4 rings (SSSR count). The molecule has 1 heterocycles. The van der Waals surface area contributed by atoms with E-state index >= 15 is 0 Å². The van der Waals surface area contributed by atoms with Gasteiger partial charge < -0.3 is 14.2 Å². The van der Waals surface area contributed by atoms with E-state index in [4.69, 9.17) is 37.4 Å². The highest BCUT2D eigenvalue weighted by Crippen LogP contribution is 2.31. The fourth-order valence-electron chi connectivity index (χ4n) is 3.11. The maximum Gasteiger partial charge on any atom is 0.363 e. The number of hydrogen-bond donors (Lipinski definition) is 0. The lowest BCUT2D eigenvalue weighted by molar-refractivity contribution is -0.384. The van der Waals surface area contributed by atoms with Crippen molar-refractivity contribution in [3.05, 3.63) is 103 Å². The quantitative estimate of drug-likeness (QED) is 0.175. The number of cyclic esters (lactones) is 1. The minimum atomic E-state index is -0.675. The van der Waals surface area contributed by atoms with Gasteiger partial charge in [-0.3, -0.25) is 10.1 Å². The fraction of sp³-hybridized carbons (Fsp3) is 0.0833.